The minimum absolute atomic E-state index is 0.313. The molecule has 6 rings (SSSR count). The molecular weight excluding hydrogens is 366 g/mol. The van der Waals surface area contributed by atoms with Gasteiger partial charge < -0.3 is 9.36 Å². The van der Waals surface area contributed by atoms with Gasteiger partial charge in [-0.1, -0.05) is 49.8 Å². The van der Waals surface area contributed by atoms with Crippen molar-refractivity contribution in [1.82, 2.24) is 4.57 Å². The lowest BCUT2D eigenvalue weighted by atomic mass is 9.47. The van der Waals surface area contributed by atoms with Crippen LogP contribution in [0, 0.1) is 34.5 Å². The third-order valence-electron chi connectivity index (χ3n) is 9.59. The van der Waals surface area contributed by atoms with Gasteiger partial charge in [-0.2, -0.15) is 0 Å². The van der Waals surface area contributed by atoms with Crippen molar-refractivity contribution in [1.29, 1.82) is 0 Å². The molecule has 0 N–H and O–H groups in total. The molecule has 4 aliphatic carbocycles. The number of hydrogen-bond donors (Lipinski definition) is 0. The number of carbonyl (C=O) groups is 1. The molecular formula is C28H33NO. The van der Waals surface area contributed by atoms with Crippen LogP contribution >= 0.6 is 0 Å². The minimum atomic E-state index is -0.313. The van der Waals surface area contributed by atoms with E-state index in [0.717, 1.165) is 24.7 Å². The van der Waals surface area contributed by atoms with Gasteiger partial charge in [0.2, 0.25) is 0 Å². The number of rotatable bonds is 2. The summed E-state index contributed by atoms with van der Waals surface area (Å²) in [7, 11) is 0. The summed E-state index contributed by atoms with van der Waals surface area (Å²) in [5, 5.41) is 1.26. The number of allylic oxidation sites excluding steroid dienone is 4. The fourth-order valence-corrected chi connectivity index (χ4v) is 7.97. The first kappa shape index (κ1) is 18.7. The van der Waals surface area contributed by atoms with E-state index in [9.17, 15) is 4.79 Å². The monoisotopic (exact) mass is 399 g/mol. The van der Waals surface area contributed by atoms with Gasteiger partial charge in [-0.15, -0.1) is 0 Å². The smallest absolute Gasteiger partial charge is 0.132 e. The number of carbonyl (C=O) groups excluding carboxylic acids is 1. The predicted molar refractivity (Wildman–Crippen MR) is 123 cm³/mol. The van der Waals surface area contributed by atoms with Gasteiger partial charge >= 0.3 is 0 Å². The Morgan fingerprint density at radius 3 is 2.77 bits per heavy atom. The van der Waals surface area contributed by atoms with E-state index in [1.807, 2.05) is 0 Å². The van der Waals surface area contributed by atoms with E-state index < -0.39 is 0 Å². The summed E-state index contributed by atoms with van der Waals surface area (Å²) >= 11 is 0. The molecule has 2 fully saturated rings. The first-order valence-corrected chi connectivity index (χ1v) is 12.0. The van der Waals surface area contributed by atoms with E-state index in [2.05, 4.69) is 67.1 Å². The van der Waals surface area contributed by atoms with E-state index in [1.165, 1.54) is 55.0 Å². The number of benzene rings is 1. The van der Waals surface area contributed by atoms with Crippen molar-refractivity contribution in [3.63, 3.8) is 0 Å². The van der Waals surface area contributed by atoms with Crippen LogP contribution in [0.25, 0.3) is 16.6 Å². The molecule has 2 saturated carbocycles. The highest BCUT2D eigenvalue weighted by atomic mass is 16.1. The summed E-state index contributed by atoms with van der Waals surface area (Å²) in [4.78, 5) is 12.8. The number of fused-ring (bicyclic) bond motifs is 6. The van der Waals surface area contributed by atoms with Gasteiger partial charge in [0.1, 0.15) is 6.29 Å². The minimum Gasteiger partial charge on any atom is -0.320 e. The topological polar surface area (TPSA) is 22.0 Å². The average molecular weight is 400 g/mol. The zero-order chi connectivity index (χ0) is 20.5. The Hall–Kier alpha value is -2.09. The normalized spacial score (nSPS) is 40.2. The van der Waals surface area contributed by atoms with Gasteiger partial charge in [-0.3, -0.25) is 0 Å². The lowest BCUT2D eigenvalue weighted by Crippen LogP contribution is -2.50. The quantitative estimate of drug-likeness (QED) is 0.399. The summed E-state index contributed by atoms with van der Waals surface area (Å²) in [6.07, 6.45) is 16.9. The van der Waals surface area contributed by atoms with Gasteiger partial charge in [-0.25, -0.2) is 0 Å². The first-order valence-electron chi connectivity index (χ1n) is 12.0. The van der Waals surface area contributed by atoms with Crippen LogP contribution in [0.4, 0.5) is 0 Å². The van der Waals surface area contributed by atoms with Gasteiger partial charge in [-0.05, 0) is 91.6 Å². The van der Waals surface area contributed by atoms with Crippen molar-refractivity contribution in [3.8, 4) is 0 Å². The van der Waals surface area contributed by atoms with Crippen LogP contribution in [0.1, 0.15) is 58.8 Å². The summed E-state index contributed by atoms with van der Waals surface area (Å²) in [5.41, 5.74) is 4.27. The molecule has 0 amide bonds. The van der Waals surface area contributed by atoms with Crippen molar-refractivity contribution >= 4 is 22.9 Å². The highest BCUT2D eigenvalue weighted by Crippen LogP contribution is 2.65. The zero-order valence-electron chi connectivity index (χ0n) is 18.3. The zero-order valence-corrected chi connectivity index (χ0v) is 18.3. The maximum Gasteiger partial charge on any atom is 0.132 e. The Morgan fingerprint density at radius 2 is 1.90 bits per heavy atom. The van der Waals surface area contributed by atoms with Gasteiger partial charge in [0.25, 0.3) is 0 Å². The number of aldehydes is 1. The van der Waals surface area contributed by atoms with Crippen molar-refractivity contribution in [3.05, 3.63) is 54.3 Å². The maximum atomic E-state index is 12.8. The van der Waals surface area contributed by atoms with E-state index in [1.54, 1.807) is 5.57 Å². The molecule has 1 aromatic heterocycles. The molecule has 2 heteroatoms. The van der Waals surface area contributed by atoms with E-state index in [4.69, 9.17) is 0 Å². The molecule has 3 unspecified atom stereocenters. The molecule has 0 saturated heterocycles. The third kappa shape index (κ3) is 2.34. The molecule has 4 aliphatic rings. The van der Waals surface area contributed by atoms with Gasteiger partial charge in [0.05, 0.1) is 10.9 Å². The fraction of sp³-hybridized carbons (Fsp3) is 0.536. The largest absolute Gasteiger partial charge is 0.320 e. The molecule has 2 nitrogen and oxygen atoms in total. The van der Waals surface area contributed by atoms with Crippen LogP contribution in [0.15, 0.2) is 54.3 Å². The van der Waals surface area contributed by atoms with Crippen LogP contribution in [-0.4, -0.2) is 10.9 Å². The number of para-hydroxylation sites is 1. The molecule has 0 spiro atoms. The molecule has 1 heterocycles. The standard InChI is InChI=1S/C28H33NO/c1-19-11-14-27(2)21(17-19)7-8-22-23(27)12-15-28(18-30)24(22)9-10-26(28)29-16-13-20-5-3-4-6-25(20)29/h3-7,10,13,16,18-19,22-24H,8-9,11-12,14-15,17H2,1-2H3/t19-,22?,23?,24?,27-,28+/m0/s1. The predicted octanol–water partition coefficient (Wildman–Crippen LogP) is 6.87. The summed E-state index contributed by atoms with van der Waals surface area (Å²) in [6, 6.07) is 10.7. The molecule has 0 aliphatic heterocycles. The van der Waals surface area contributed by atoms with Crippen molar-refractivity contribution in [2.24, 2.45) is 34.5 Å². The number of aromatic nitrogens is 1. The summed E-state index contributed by atoms with van der Waals surface area (Å²) < 4.78 is 2.32. The van der Waals surface area contributed by atoms with Crippen LogP contribution in [0.3, 0.4) is 0 Å². The number of hydrogen-bond acceptors (Lipinski definition) is 1. The Labute approximate surface area is 180 Å². The first-order chi connectivity index (χ1) is 14.6. The van der Waals surface area contributed by atoms with Crippen LogP contribution < -0.4 is 0 Å². The Bertz CT molecular complexity index is 1070. The van der Waals surface area contributed by atoms with Crippen LogP contribution in [-0.2, 0) is 4.79 Å². The lowest BCUT2D eigenvalue weighted by Gasteiger charge is -2.57. The SMILES string of the molecule is C[C@H]1CC[C@@]2(C)C(=CCC3C2CC[C@]2(C=O)C(n4ccc5ccccc54)=CCC32)C1. The van der Waals surface area contributed by atoms with Gasteiger partial charge in [0.15, 0.2) is 0 Å². The molecule has 0 radical (unpaired) electrons. The molecule has 30 heavy (non-hydrogen) atoms. The van der Waals surface area contributed by atoms with Crippen LogP contribution in [0.2, 0.25) is 0 Å². The average Bonchev–Trinajstić information content (AvgIpc) is 3.35. The molecule has 2 aromatic rings. The highest BCUT2D eigenvalue weighted by Gasteiger charge is 2.58. The second-order valence-corrected chi connectivity index (χ2v) is 10.9. The maximum absolute atomic E-state index is 12.8. The second-order valence-electron chi connectivity index (χ2n) is 10.9. The van der Waals surface area contributed by atoms with E-state index >= 15 is 0 Å². The highest BCUT2D eigenvalue weighted by molar-refractivity contribution is 5.88. The summed E-state index contributed by atoms with van der Waals surface area (Å²) in [6.45, 7) is 4.97. The van der Waals surface area contributed by atoms with E-state index in [0.29, 0.717) is 17.3 Å². The molecule has 6 atom stereocenters. The number of nitrogens with zero attached hydrogens (tertiary/aromatic N) is 1. The Morgan fingerprint density at radius 1 is 1.03 bits per heavy atom. The van der Waals surface area contributed by atoms with E-state index in [-0.39, 0.29) is 5.41 Å². The van der Waals surface area contributed by atoms with Gasteiger partial charge in [0, 0.05) is 11.9 Å². The summed E-state index contributed by atoms with van der Waals surface area (Å²) in [5.74, 6) is 2.68. The Balaban J connectivity index is 1.40. The van der Waals surface area contributed by atoms with Crippen molar-refractivity contribution in [2.75, 3.05) is 0 Å². The molecule has 0 bridgehead atoms. The molecule has 156 valence electrons. The third-order valence-corrected chi connectivity index (χ3v) is 9.59. The van der Waals surface area contributed by atoms with Crippen LogP contribution in [0.5, 0.6) is 0 Å². The fourth-order valence-electron chi connectivity index (χ4n) is 7.97. The van der Waals surface area contributed by atoms with Crippen molar-refractivity contribution < 1.29 is 4.79 Å². The second kappa shape index (κ2) is 6.45. The Kier molecular flexibility index (Phi) is 4.01. The van der Waals surface area contributed by atoms with Crippen molar-refractivity contribution in [2.45, 2.75) is 58.8 Å². The molecule has 1 aromatic carbocycles. The lowest BCUT2D eigenvalue weighted by molar-refractivity contribution is -0.121.